The van der Waals surface area contributed by atoms with Gasteiger partial charge in [-0.15, -0.1) is 0 Å². The third-order valence-corrected chi connectivity index (χ3v) is 1.76. The number of hydrogen-bond acceptors (Lipinski definition) is 4. The number of furan rings is 1. The summed E-state index contributed by atoms with van der Waals surface area (Å²) in [5.41, 5.74) is 0. The van der Waals surface area contributed by atoms with Crippen molar-refractivity contribution >= 4 is 5.91 Å². The van der Waals surface area contributed by atoms with Crippen molar-refractivity contribution in [3.8, 4) is 0 Å². The van der Waals surface area contributed by atoms with Gasteiger partial charge in [0.1, 0.15) is 0 Å². The SMILES string of the molecule is O=C(c1ccco1)N(CCO)CCO. The molecule has 0 saturated heterocycles. The zero-order chi connectivity index (χ0) is 10.4. The van der Waals surface area contributed by atoms with Gasteiger partial charge in [0.05, 0.1) is 19.5 Å². The topological polar surface area (TPSA) is 73.9 Å². The Bertz CT molecular complexity index is 264. The number of amides is 1. The molecule has 0 fully saturated rings. The molecule has 1 aromatic rings. The predicted molar refractivity (Wildman–Crippen MR) is 48.8 cm³/mol. The van der Waals surface area contributed by atoms with Crippen LogP contribution in [-0.2, 0) is 0 Å². The van der Waals surface area contributed by atoms with Gasteiger partial charge in [0.15, 0.2) is 5.76 Å². The number of hydrogen-bond donors (Lipinski definition) is 2. The van der Waals surface area contributed by atoms with Crippen molar-refractivity contribution < 1.29 is 19.4 Å². The molecule has 2 N–H and O–H groups in total. The van der Waals surface area contributed by atoms with Gasteiger partial charge in [-0.2, -0.15) is 0 Å². The monoisotopic (exact) mass is 199 g/mol. The highest BCUT2D eigenvalue weighted by Gasteiger charge is 2.16. The highest BCUT2D eigenvalue weighted by atomic mass is 16.3. The van der Waals surface area contributed by atoms with Gasteiger partial charge < -0.3 is 19.5 Å². The van der Waals surface area contributed by atoms with E-state index in [-0.39, 0.29) is 38.0 Å². The van der Waals surface area contributed by atoms with Crippen LogP contribution in [0.2, 0.25) is 0 Å². The number of nitrogens with zero attached hydrogens (tertiary/aromatic N) is 1. The molecule has 0 aromatic carbocycles. The van der Waals surface area contributed by atoms with Crippen LogP contribution in [0.4, 0.5) is 0 Å². The fraction of sp³-hybridized carbons (Fsp3) is 0.444. The van der Waals surface area contributed by atoms with Crippen LogP contribution < -0.4 is 0 Å². The number of aliphatic hydroxyl groups is 2. The van der Waals surface area contributed by atoms with Crippen LogP contribution in [0.25, 0.3) is 0 Å². The minimum atomic E-state index is -0.321. The second kappa shape index (κ2) is 5.41. The smallest absolute Gasteiger partial charge is 0.289 e. The third-order valence-electron chi connectivity index (χ3n) is 1.76. The quantitative estimate of drug-likeness (QED) is 0.683. The lowest BCUT2D eigenvalue weighted by Gasteiger charge is -2.18. The number of carbonyl (C=O) groups excluding carboxylic acids is 1. The Morgan fingerprint density at radius 2 is 2.00 bits per heavy atom. The van der Waals surface area contributed by atoms with Crippen molar-refractivity contribution in [3.05, 3.63) is 24.2 Å². The fourth-order valence-corrected chi connectivity index (χ4v) is 1.11. The molecule has 1 rings (SSSR count). The average Bonchev–Trinajstić information content (AvgIpc) is 2.69. The van der Waals surface area contributed by atoms with Crippen LogP contribution in [0.5, 0.6) is 0 Å². The molecule has 0 atom stereocenters. The van der Waals surface area contributed by atoms with E-state index in [2.05, 4.69) is 0 Å². The highest BCUT2D eigenvalue weighted by molar-refractivity contribution is 5.91. The van der Waals surface area contributed by atoms with E-state index in [9.17, 15) is 4.79 Å². The second-order valence-corrected chi connectivity index (χ2v) is 2.72. The number of carbonyl (C=O) groups is 1. The Morgan fingerprint density at radius 1 is 1.36 bits per heavy atom. The van der Waals surface area contributed by atoms with Crippen LogP contribution >= 0.6 is 0 Å². The molecule has 1 heterocycles. The first-order chi connectivity index (χ1) is 6.79. The predicted octanol–water partition coefficient (Wildman–Crippen LogP) is -0.294. The second-order valence-electron chi connectivity index (χ2n) is 2.72. The van der Waals surface area contributed by atoms with E-state index < -0.39 is 0 Å². The summed E-state index contributed by atoms with van der Waals surface area (Å²) in [6.07, 6.45) is 1.41. The van der Waals surface area contributed by atoms with Crippen molar-refractivity contribution in [2.75, 3.05) is 26.3 Å². The molecule has 0 aliphatic carbocycles. The first kappa shape index (κ1) is 10.7. The molecule has 1 amide bonds. The van der Waals surface area contributed by atoms with E-state index >= 15 is 0 Å². The van der Waals surface area contributed by atoms with E-state index in [1.165, 1.54) is 11.2 Å². The highest BCUT2D eigenvalue weighted by Crippen LogP contribution is 2.04. The molecular weight excluding hydrogens is 186 g/mol. The summed E-state index contributed by atoms with van der Waals surface area (Å²) < 4.78 is 4.91. The van der Waals surface area contributed by atoms with E-state index in [4.69, 9.17) is 14.6 Å². The molecule has 0 aliphatic rings. The maximum absolute atomic E-state index is 11.6. The maximum Gasteiger partial charge on any atom is 0.289 e. The van der Waals surface area contributed by atoms with Crippen LogP contribution in [0.3, 0.4) is 0 Å². The average molecular weight is 199 g/mol. The van der Waals surface area contributed by atoms with Crippen LogP contribution in [-0.4, -0.2) is 47.3 Å². The Morgan fingerprint density at radius 3 is 2.43 bits per heavy atom. The van der Waals surface area contributed by atoms with Crippen LogP contribution in [0.1, 0.15) is 10.6 Å². The van der Waals surface area contributed by atoms with Gasteiger partial charge in [0, 0.05) is 13.1 Å². The molecule has 0 bridgehead atoms. The summed E-state index contributed by atoms with van der Waals surface area (Å²) in [5.74, 6) is -0.106. The van der Waals surface area contributed by atoms with Crippen molar-refractivity contribution in [2.45, 2.75) is 0 Å². The van der Waals surface area contributed by atoms with E-state index in [0.29, 0.717) is 0 Å². The molecule has 0 radical (unpaired) electrons. The first-order valence-corrected chi connectivity index (χ1v) is 4.34. The third kappa shape index (κ3) is 2.58. The molecule has 14 heavy (non-hydrogen) atoms. The van der Waals surface area contributed by atoms with Gasteiger partial charge in [-0.25, -0.2) is 0 Å². The lowest BCUT2D eigenvalue weighted by atomic mass is 10.3. The maximum atomic E-state index is 11.6. The Balaban J connectivity index is 2.63. The molecular formula is C9H13NO4. The fourth-order valence-electron chi connectivity index (χ4n) is 1.11. The van der Waals surface area contributed by atoms with Gasteiger partial charge in [-0.3, -0.25) is 4.79 Å². The summed E-state index contributed by atoms with van der Waals surface area (Å²) in [6, 6.07) is 3.16. The molecule has 0 spiro atoms. The lowest BCUT2D eigenvalue weighted by Crippen LogP contribution is -2.35. The molecule has 0 unspecified atom stereocenters. The van der Waals surface area contributed by atoms with Crippen molar-refractivity contribution in [1.82, 2.24) is 4.90 Å². The summed E-state index contributed by atoms with van der Waals surface area (Å²) >= 11 is 0. The van der Waals surface area contributed by atoms with Gasteiger partial charge in [0.2, 0.25) is 0 Å². The molecule has 5 heteroatoms. The van der Waals surface area contributed by atoms with Gasteiger partial charge in [0.25, 0.3) is 5.91 Å². The van der Waals surface area contributed by atoms with E-state index in [1.54, 1.807) is 12.1 Å². The molecule has 0 aliphatic heterocycles. The minimum Gasteiger partial charge on any atom is -0.459 e. The summed E-state index contributed by atoms with van der Waals surface area (Å²) in [7, 11) is 0. The summed E-state index contributed by atoms with van der Waals surface area (Å²) in [5, 5.41) is 17.4. The molecule has 0 saturated carbocycles. The molecule has 1 aromatic heterocycles. The summed E-state index contributed by atoms with van der Waals surface area (Å²) in [6.45, 7) is 0.124. The minimum absolute atomic E-state index is 0.132. The Labute approximate surface area is 81.6 Å². The van der Waals surface area contributed by atoms with Crippen molar-refractivity contribution in [2.24, 2.45) is 0 Å². The van der Waals surface area contributed by atoms with Gasteiger partial charge >= 0.3 is 0 Å². The number of rotatable bonds is 5. The zero-order valence-corrected chi connectivity index (χ0v) is 7.72. The Kier molecular flexibility index (Phi) is 4.15. The van der Waals surface area contributed by atoms with Crippen LogP contribution in [0.15, 0.2) is 22.8 Å². The van der Waals surface area contributed by atoms with E-state index in [0.717, 1.165) is 0 Å². The van der Waals surface area contributed by atoms with Crippen molar-refractivity contribution in [1.29, 1.82) is 0 Å². The molecule has 5 nitrogen and oxygen atoms in total. The number of aliphatic hydroxyl groups excluding tert-OH is 2. The van der Waals surface area contributed by atoms with E-state index in [1.807, 2.05) is 0 Å². The van der Waals surface area contributed by atoms with Gasteiger partial charge in [-0.1, -0.05) is 0 Å². The summed E-state index contributed by atoms with van der Waals surface area (Å²) in [4.78, 5) is 12.9. The van der Waals surface area contributed by atoms with Crippen molar-refractivity contribution in [3.63, 3.8) is 0 Å². The first-order valence-electron chi connectivity index (χ1n) is 4.34. The largest absolute Gasteiger partial charge is 0.459 e. The van der Waals surface area contributed by atoms with Gasteiger partial charge in [-0.05, 0) is 12.1 Å². The Hall–Kier alpha value is -1.33. The lowest BCUT2D eigenvalue weighted by molar-refractivity contribution is 0.0653. The standard InChI is InChI=1S/C9H13NO4/c11-5-3-10(4-6-12)9(13)8-2-1-7-14-8/h1-2,7,11-12H,3-6H2. The molecule has 78 valence electrons. The normalized spacial score (nSPS) is 10.1. The van der Waals surface area contributed by atoms with Crippen LogP contribution in [0, 0.1) is 0 Å². The zero-order valence-electron chi connectivity index (χ0n) is 7.72.